The fraction of sp³-hybridized carbons (Fsp3) is 0. The van der Waals surface area contributed by atoms with Crippen molar-refractivity contribution < 1.29 is 73.3 Å². The van der Waals surface area contributed by atoms with Gasteiger partial charge in [0.2, 0.25) is 0 Å². The van der Waals surface area contributed by atoms with Gasteiger partial charge in [-0.25, -0.2) is 0 Å². The summed E-state index contributed by atoms with van der Waals surface area (Å²) in [6, 6.07) is 0. The first-order valence-electron chi connectivity index (χ1n) is 1.33. The van der Waals surface area contributed by atoms with Crippen molar-refractivity contribution in [3.8, 4) is 0 Å². The van der Waals surface area contributed by atoms with Crippen LogP contribution >= 0.6 is 0 Å². The molecule has 0 saturated carbocycles. The standard InChI is InChI=1S/Fe.Na.2H2O3S2/c;;2*1-5(2,3)4/h;;2*(H2,1,2,3,4)/q+3;+1;;/p-4. The minimum Gasteiger partial charge on any atom is -0.780 e. The summed E-state index contributed by atoms with van der Waals surface area (Å²) in [6.45, 7) is 0. The topological polar surface area (TPSA) is 126 Å². The van der Waals surface area contributed by atoms with Gasteiger partial charge < -0.3 is 18.2 Å². The van der Waals surface area contributed by atoms with Crippen molar-refractivity contribution in [3.05, 3.63) is 0 Å². The van der Waals surface area contributed by atoms with Gasteiger partial charge in [0.05, 0.1) is 0 Å². The monoisotopic (exact) mass is 303 g/mol. The third-order valence-electron chi connectivity index (χ3n) is 0. The zero-order chi connectivity index (χ0) is 9.00. The van der Waals surface area contributed by atoms with Gasteiger partial charge in [0.15, 0.2) is 0 Å². The van der Waals surface area contributed by atoms with E-state index in [4.69, 9.17) is 26.6 Å². The third kappa shape index (κ3) is 338. The minimum absolute atomic E-state index is 0. The van der Waals surface area contributed by atoms with E-state index in [0.29, 0.717) is 0 Å². The molecule has 0 fully saturated rings. The maximum atomic E-state index is 8.89. The molecule has 1 radical (unpaired) electrons. The van der Waals surface area contributed by atoms with Gasteiger partial charge in [-0.2, -0.15) is 0 Å². The molecule has 0 saturated heterocycles. The molecule has 0 aliphatic heterocycles. The van der Waals surface area contributed by atoms with Crippen molar-refractivity contribution in [2.75, 3.05) is 0 Å². The summed E-state index contributed by atoms with van der Waals surface area (Å²) in [5, 5.41) is 0. The second-order valence-corrected chi connectivity index (χ2v) is 4.90. The Morgan fingerprint density at radius 2 is 0.833 bits per heavy atom. The van der Waals surface area contributed by atoms with Crippen LogP contribution in [0.4, 0.5) is 0 Å². The first-order valence-corrected chi connectivity index (χ1v) is 6.00. The molecule has 0 bridgehead atoms. The Morgan fingerprint density at radius 1 is 0.833 bits per heavy atom. The van der Waals surface area contributed by atoms with Gasteiger partial charge in [-0.1, -0.05) is 0 Å². The van der Waals surface area contributed by atoms with Crippen LogP contribution in [-0.2, 0) is 57.6 Å². The van der Waals surface area contributed by atoms with E-state index in [9.17, 15) is 0 Å². The maximum Gasteiger partial charge on any atom is 3.00 e. The van der Waals surface area contributed by atoms with Crippen LogP contribution in [0.15, 0.2) is 0 Å². The fourth-order valence-electron chi connectivity index (χ4n) is 0. The van der Waals surface area contributed by atoms with Crippen LogP contribution in [0, 0.1) is 0 Å². The molecule has 12 heavy (non-hydrogen) atoms. The second kappa shape index (κ2) is 9.65. The molecule has 0 aliphatic rings. The first kappa shape index (κ1) is 23.7. The molecular weight excluding hydrogens is 303 g/mol. The number of rotatable bonds is 0. The Labute approximate surface area is 112 Å². The van der Waals surface area contributed by atoms with E-state index >= 15 is 0 Å². The Bertz CT molecular complexity index is 216. The summed E-state index contributed by atoms with van der Waals surface area (Å²) in [6.07, 6.45) is 0. The van der Waals surface area contributed by atoms with Crippen LogP contribution in [0.5, 0.6) is 0 Å². The summed E-state index contributed by atoms with van der Waals surface area (Å²) >= 11 is 6.49. The SMILES string of the molecule is O=S([O-])([O-])=S.O=S([O-])([O-])=S.[Fe+3].[Na+]. The number of hydrogen-bond acceptors (Lipinski definition) is 8. The molecule has 0 aliphatic carbocycles. The molecule has 0 aromatic rings. The largest absolute Gasteiger partial charge is 3.00 e. The number of hydrogen-bond donors (Lipinski definition) is 0. The quantitative estimate of drug-likeness (QED) is 0.407. The maximum absolute atomic E-state index is 8.89. The Balaban J connectivity index is -0.0000000457. The molecule has 12 heteroatoms. The molecule has 69 valence electrons. The zero-order valence-corrected chi connectivity index (χ0v) is 11.8. The van der Waals surface area contributed by atoms with Crippen molar-refractivity contribution in [3.63, 3.8) is 0 Å². The van der Waals surface area contributed by atoms with E-state index < -0.39 is 18.1 Å². The van der Waals surface area contributed by atoms with Crippen LogP contribution in [0.2, 0.25) is 0 Å². The van der Waals surface area contributed by atoms with Crippen LogP contribution in [0.3, 0.4) is 0 Å². The minimum atomic E-state index is -4.33. The molecule has 0 unspecified atom stereocenters. The van der Waals surface area contributed by atoms with Gasteiger partial charge in [0.1, 0.15) is 0 Å². The van der Waals surface area contributed by atoms with E-state index in [1.54, 1.807) is 0 Å². The van der Waals surface area contributed by atoms with Crippen LogP contribution in [0.25, 0.3) is 0 Å². The molecule has 0 aromatic carbocycles. The Hall–Kier alpha value is 2.10. The summed E-state index contributed by atoms with van der Waals surface area (Å²) in [5.74, 6) is 0. The van der Waals surface area contributed by atoms with Crippen molar-refractivity contribution >= 4 is 40.5 Å². The van der Waals surface area contributed by atoms with Crippen LogP contribution in [-0.4, -0.2) is 26.6 Å². The molecule has 6 nitrogen and oxygen atoms in total. The van der Waals surface area contributed by atoms with Gasteiger partial charge in [-0.15, -0.1) is 18.1 Å². The van der Waals surface area contributed by atoms with Crippen LogP contribution in [0.1, 0.15) is 0 Å². The summed E-state index contributed by atoms with van der Waals surface area (Å²) in [7, 11) is -8.67. The summed E-state index contributed by atoms with van der Waals surface area (Å²) in [5.41, 5.74) is 0. The first-order chi connectivity index (χ1) is 4.00. The molecule has 0 atom stereocenters. The van der Waals surface area contributed by atoms with Gasteiger partial charge in [0.25, 0.3) is 0 Å². The molecule has 0 heterocycles. The van der Waals surface area contributed by atoms with E-state index in [0.717, 1.165) is 0 Å². The van der Waals surface area contributed by atoms with E-state index in [-0.39, 0.29) is 46.6 Å². The average molecular weight is 303 g/mol. The molecule has 0 N–H and O–H groups in total. The Kier molecular flexibility index (Phi) is 19.1. The predicted octanol–water partition coefficient (Wildman–Crippen LogP) is -5.01. The van der Waals surface area contributed by atoms with Crippen molar-refractivity contribution in [2.24, 2.45) is 0 Å². The second-order valence-electron chi connectivity index (χ2n) is 0.816. The van der Waals surface area contributed by atoms with Crippen LogP contribution < -0.4 is 29.6 Å². The van der Waals surface area contributed by atoms with Crippen molar-refractivity contribution in [2.45, 2.75) is 0 Å². The van der Waals surface area contributed by atoms with E-state index in [2.05, 4.69) is 22.4 Å². The normalized spacial score (nSPS) is 9.67. The summed E-state index contributed by atoms with van der Waals surface area (Å²) in [4.78, 5) is 0. The van der Waals surface area contributed by atoms with Gasteiger partial charge in [-0.3, -0.25) is 8.42 Å². The molecule has 0 amide bonds. The smallest absolute Gasteiger partial charge is 0.780 e. The van der Waals surface area contributed by atoms with Gasteiger partial charge >= 0.3 is 46.6 Å². The van der Waals surface area contributed by atoms with Crippen molar-refractivity contribution in [1.82, 2.24) is 0 Å². The molecular formula is FeNaO6S4. The Morgan fingerprint density at radius 3 is 0.833 bits per heavy atom. The zero-order valence-electron chi connectivity index (χ0n) is 5.44. The van der Waals surface area contributed by atoms with Gasteiger partial charge in [-0.05, 0) is 22.4 Å². The fourth-order valence-corrected chi connectivity index (χ4v) is 0. The molecule has 0 spiro atoms. The van der Waals surface area contributed by atoms with E-state index in [1.807, 2.05) is 0 Å². The molecule has 0 aromatic heterocycles. The average Bonchev–Trinajstić information content (AvgIpc) is 1.12. The van der Waals surface area contributed by atoms with Gasteiger partial charge in [0, 0.05) is 0 Å². The summed E-state index contributed by atoms with van der Waals surface area (Å²) < 4.78 is 53.3. The predicted molar refractivity (Wildman–Crippen MR) is 34.1 cm³/mol. The third-order valence-corrected chi connectivity index (χ3v) is 0. The van der Waals surface area contributed by atoms with Crippen molar-refractivity contribution in [1.29, 1.82) is 0 Å². The van der Waals surface area contributed by atoms with E-state index in [1.165, 1.54) is 0 Å². The molecule has 0 rings (SSSR count).